The van der Waals surface area contributed by atoms with E-state index in [1.807, 2.05) is 11.3 Å². The van der Waals surface area contributed by atoms with Crippen LogP contribution < -0.4 is 10.2 Å². The second-order valence-electron chi connectivity index (χ2n) is 5.48. The highest BCUT2D eigenvalue weighted by molar-refractivity contribution is 7.15. The van der Waals surface area contributed by atoms with Crippen LogP contribution in [0.25, 0.3) is 0 Å². The summed E-state index contributed by atoms with van der Waals surface area (Å²) in [7, 11) is 2.14. The van der Waals surface area contributed by atoms with Crippen LogP contribution in [0, 0.1) is 0 Å². The Labute approximate surface area is 115 Å². The van der Waals surface area contributed by atoms with Gasteiger partial charge in [0.05, 0.1) is 5.69 Å². The van der Waals surface area contributed by atoms with E-state index in [1.54, 1.807) is 0 Å². The van der Waals surface area contributed by atoms with Crippen LogP contribution in [0.2, 0.25) is 0 Å². The zero-order valence-electron chi connectivity index (χ0n) is 12.0. The number of anilines is 1. The van der Waals surface area contributed by atoms with Crippen LogP contribution in [0.4, 0.5) is 5.13 Å². The molecule has 0 bridgehead atoms. The third-order valence-electron chi connectivity index (χ3n) is 3.46. The molecular formula is C14H25N3S. The van der Waals surface area contributed by atoms with E-state index in [0.29, 0.717) is 6.04 Å². The van der Waals surface area contributed by atoms with E-state index in [9.17, 15) is 0 Å². The Balaban J connectivity index is 2.08. The van der Waals surface area contributed by atoms with Crippen LogP contribution in [-0.4, -0.2) is 24.1 Å². The summed E-state index contributed by atoms with van der Waals surface area (Å²) in [4.78, 5) is 8.53. The predicted molar refractivity (Wildman–Crippen MR) is 79.5 cm³/mol. The van der Waals surface area contributed by atoms with Gasteiger partial charge in [0, 0.05) is 30.6 Å². The van der Waals surface area contributed by atoms with Gasteiger partial charge in [-0.1, -0.05) is 13.3 Å². The van der Waals surface area contributed by atoms with Crippen molar-refractivity contribution in [2.75, 3.05) is 11.9 Å². The smallest absolute Gasteiger partial charge is 0.185 e. The van der Waals surface area contributed by atoms with Crippen LogP contribution in [0.5, 0.6) is 0 Å². The van der Waals surface area contributed by atoms with Gasteiger partial charge in [0.2, 0.25) is 0 Å². The van der Waals surface area contributed by atoms with Crippen LogP contribution in [0.15, 0.2) is 0 Å². The van der Waals surface area contributed by atoms with Crippen LogP contribution in [0.1, 0.15) is 50.6 Å². The second-order valence-corrected chi connectivity index (χ2v) is 6.54. The Hall–Kier alpha value is -0.610. The first-order chi connectivity index (χ1) is 8.61. The van der Waals surface area contributed by atoms with Gasteiger partial charge >= 0.3 is 0 Å². The van der Waals surface area contributed by atoms with Crippen molar-refractivity contribution in [2.24, 2.45) is 0 Å². The van der Waals surface area contributed by atoms with Gasteiger partial charge in [0.15, 0.2) is 5.13 Å². The zero-order valence-corrected chi connectivity index (χ0v) is 12.8. The number of hydrogen-bond donors (Lipinski definition) is 1. The first kappa shape index (κ1) is 13.8. The highest BCUT2D eigenvalue weighted by Gasteiger charge is 2.22. The summed E-state index contributed by atoms with van der Waals surface area (Å²) >= 11 is 1.86. The van der Waals surface area contributed by atoms with Crippen LogP contribution >= 0.6 is 11.3 Å². The lowest BCUT2D eigenvalue weighted by molar-refractivity contribution is 0.686. The second kappa shape index (κ2) is 6.02. The van der Waals surface area contributed by atoms with Gasteiger partial charge in [-0.2, -0.15) is 0 Å². The summed E-state index contributed by atoms with van der Waals surface area (Å²) in [6, 6.07) is 1.28. The summed E-state index contributed by atoms with van der Waals surface area (Å²) in [6.45, 7) is 7.65. The van der Waals surface area contributed by atoms with Crippen molar-refractivity contribution in [3.05, 3.63) is 10.6 Å². The number of thiazole rings is 1. The molecule has 0 radical (unpaired) electrons. The van der Waals surface area contributed by atoms with E-state index in [2.05, 4.69) is 38.0 Å². The normalized spacial score (nSPS) is 15.4. The molecule has 3 nitrogen and oxygen atoms in total. The molecule has 2 rings (SSSR count). The molecule has 18 heavy (non-hydrogen) atoms. The van der Waals surface area contributed by atoms with E-state index in [-0.39, 0.29) is 0 Å². The lowest BCUT2D eigenvalue weighted by atomic mass is 10.2. The largest absolute Gasteiger partial charge is 0.349 e. The molecule has 0 aliphatic heterocycles. The molecule has 0 saturated heterocycles. The first-order valence-electron chi connectivity index (χ1n) is 7.06. The number of nitrogens with zero attached hydrogens (tertiary/aromatic N) is 2. The molecule has 1 fully saturated rings. The van der Waals surface area contributed by atoms with Gasteiger partial charge in [0.1, 0.15) is 0 Å². The molecule has 0 amide bonds. The van der Waals surface area contributed by atoms with E-state index < -0.39 is 0 Å². The molecule has 1 N–H and O–H groups in total. The molecule has 1 aromatic heterocycles. The molecule has 0 unspecified atom stereocenters. The predicted octanol–water partition coefficient (Wildman–Crippen LogP) is 3.19. The molecule has 1 aromatic rings. The summed E-state index contributed by atoms with van der Waals surface area (Å²) in [5.41, 5.74) is 1.30. The highest BCUT2D eigenvalue weighted by Crippen LogP contribution is 2.29. The highest BCUT2D eigenvalue weighted by atomic mass is 32.1. The first-order valence-corrected chi connectivity index (χ1v) is 7.88. The number of hydrogen-bond acceptors (Lipinski definition) is 4. The van der Waals surface area contributed by atoms with Crippen molar-refractivity contribution in [3.8, 4) is 0 Å². The molecule has 0 spiro atoms. The average Bonchev–Trinajstić information content (AvgIpc) is 3.08. The standard InChI is InChI=1S/C14H25N3S/c1-5-6-12-13(9-15-11-7-8-11)18-14(16-12)17(4)10(2)3/h10-11,15H,5-9H2,1-4H3. The number of aromatic nitrogens is 1. The minimum atomic E-state index is 0.509. The number of aryl methyl sites for hydroxylation is 1. The lowest BCUT2D eigenvalue weighted by Crippen LogP contribution is -2.25. The summed E-state index contributed by atoms with van der Waals surface area (Å²) in [6.07, 6.45) is 4.97. The maximum absolute atomic E-state index is 4.82. The average molecular weight is 267 g/mol. The van der Waals surface area contributed by atoms with E-state index in [4.69, 9.17) is 4.98 Å². The Kier molecular flexibility index (Phi) is 4.62. The van der Waals surface area contributed by atoms with Crippen molar-refractivity contribution in [1.29, 1.82) is 0 Å². The van der Waals surface area contributed by atoms with Crippen molar-refractivity contribution in [3.63, 3.8) is 0 Å². The van der Waals surface area contributed by atoms with Gasteiger partial charge in [0.25, 0.3) is 0 Å². The molecule has 102 valence electrons. The Morgan fingerprint density at radius 2 is 2.17 bits per heavy atom. The van der Waals surface area contributed by atoms with Crippen molar-refractivity contribution in [2.45, 2.75) is 65.1 Å². The van der Waals surface area contributed by atoms with Crippen molar-refractivity contribution >= 4 is 16.5 Å². The topological polar surface area (TPSA) is 28.2 Å². The molecule has 1 heterocycles. The Morgan fingerprint density at radius 1 is 1.44 bits per heavy atom. The van der Waals surface area contributed by atoms with Gasteiger partial charge < -0.3 is 10.2 Å². The Morgan fingerprint density at radius 3 is 2.72 bits per heavy atom. The van der Waals surface area contributed by atoms with Gasteiger partial charge in [-0.05, 0) is 33.1 Å². The monoisotopic (exact) mass is 267 g/mol. The molecule has 0 atom stereocenters. The van der Waals surface area contributed by atoms with Crippen LogP contribution in [0.3, 0.4) is 0 Å². The minimum Gasteiger partial charge on any atom is -0.349 e. The summed E-state index contributed by atoms with van der Waals surface area (Å²) < 4.78 is 0. The summed E-state index contributed by atoms with van der Waals surface area (Å²) in [5, 5.41) is 4.77. The molecule has 1 aliphatic rings. The third-order valence-corrected chi connectivity index (χ3v) is 4.65. The number of rotatable bonds is 7. The molecule has 0 aromatic carbocycles. The fraction of sp³-hybridized carbons (Fsp3) is 0.786. The van der Waals surface area contributed by atoms with E-state index in [1.165, 1.54) is 35.0 Å². The quantitative estimate of drug-likeness (QED) is 0.822. The van der Waals surface area contributed by atoms with E-state index >= 15 is 0 Å². The Bertz CT molecular complexity index is 382. The SMILES string of the molecule is CCCc1nc(N(C)C(C)C)sc1CNC1CC1. The van der Waals surface area contributed by atoms with Crippen LogP contribution in [-0.2, 0) is 13.0 Å². The van der Waals surface area contributed by atoms with Gasteiger partial charge in [-0.15, -0.1) is 11.3 Å². The fourth-order valence-corrected chi connectivity index (χ4v) is 2.99. The van der Waals surface area contributed by atoms with Crippen molar-refractivity contribution in [1.82, 2.24) is 10.3 Å². The summed E-state index contributed by atoms with van der Waals surface area (Å²) in [5.74, 6) is 0. The number of nitrogens with one attached hydrogen (secondary N) is 1. The van der Waals surface area contributed by atoms with Gasteiger partial charge in [-0.3, -0.25) is 0 Å². The van der Waals surface area contributed by atoms with Gasteiger partial charge in [-0.25, -0.2) is 4.98 Å². The molecular weight excluding hydrogens is 242 g/mol. The molecule has 1 aliphatic carbocycles. The molecule has 4 heteroatoms. The maximum Gasteiger partial charge on any atom is 0.185 e. The van der Waals surface area contributed by atoms with E-state index in [0.717, 1.165) is 19.0 Å². The minimum absolute atomic E-state index is 0.509. The fourth-order valence-electron chi connectivity index (χ4n) is 1.84. The zero-order chi connectivity index (χ0) is 13.1. The molecule has 1 saturated carbocycles. The maximum atomic E-state index is 4.82. The third kappa shape index (κ3) is 3.45. The lowest BCUT2D eigenvalue weighted by Gasteiger charge is -2.19. The van der Waals surface area contributed by atoms with Crippen molar-refractivity contribution < 1.29 is 0 Å².